The van der Waals surface area contributed by atoms with Gasteiger partial charge in [0, 0.05) is 19.3 Å². The number of unbranched alkanes of at least 4 members (excludes halogenated alkanes) is 26. The van der Waals surface area contributed by atoms with Crippen molar-refractivity contribution >= 4 is 17.9 Å². The lowest BCUT2D eigenvalue weighted by Crippen LogP contribution is -2.30. The van der Waals surface area contributed by atoms with Crippen LogP contribution >= 0.6 is 0 Å². The third-order valence-corrected chi connectivity index (χ3v) is 12.3. The average molecular weight is 986 g/mol. The predicted molar refractivity (Wildman–Crippen MR) is 307 cm³/mol. The number of rotatable bonds is 52. The van der Waals surface area contributed by atoms with Gasteiger partial charge in [-0.2, -0.15) is 0 Å². The first-order chi connectivity index (χ1) is 35.0. The summed E-state index contributed by atoms with van der Waals surface area (Å²) in [6.45, 7) is 6.45. The second-order valence-corrected chi connectivity index (χ2v) is 19.3. The molecule has 0 N–H and O–H groups in total. The van der Waals surface area contributed by atoms with Gasteiger partial charge in [-0.1, -0.05) is 246 Å². The standard InChI is InChI=1S/C65H108O6/c1-4-7-10-13-16-19-22-25-28-31-33-35-37-40-43-46-49-52-55-58-64(67)70-61-62(60-69-63(66)57-54-51-48-45-42-39-36-30-27-24-21-18-15-12-9-6-3)71-65(68)59-56-53-50-47-44-41-38-34-32-29-26-23-20-17-14-11-8-5-2/h7,10,16-17,19-20,23,25-26,28-30,32-36,38,62H,4-6,8-9,11-15,18,21-22,24,27,31,37,39-61H2,1-3H3/b10-7-,19-16-,20-17-,26-23-,28-25-,32-29-,35-33-,36-30-,38-34-. The van der Waals surface area contributed by atoms with Crippen molar-refractivity contribution in [2.24, 2.45) is 0 Å². The van der Waals surface area contributed by atoms with Crippen molar-refractivity contribution in [3.8, 4) is 0 Å². The summed E-state index contributed by atoms with van der Waals surface area (Å²) in [5.41, 5.74) is 0. The minimum atomic E-state index is -0.803. The number of esters is 3. The molecule has 0 bridgehead atoms. The van der Waals surface area contributed by atoms with Gasteiger partial charge in [0.2, 0.25) is 0 Å². The highest BCUT2D eigenvalue weighted by Gasteiger charge is 2.19. The summed E-state index contributed by atoms with van der Waals surface area (Å²) in [4.78, 5) is 38.2. The smallest absolute Gasteiger partial charge is 0.306 e. The first kappa shape index (κ1) is 67.1. The second-order valence-electron chi connectivity index (χ2n) is 19.3. The largest absolute Gasteiger partial charge is 0.462 e. The Balaban J connectivity index is 4.49. The molecule has 0 heterocycles. The van der Waals surface area contributed by atoms with Gasteiger partial charge in [0.05, 0.1) is 0 Å². The quantitative estimate of drug-likeness (QED) is 0.0199. The number of hydrogen-bond acceptors (Lipinski definition) is 6. The Kier molecular flexibility index (Phi) is 55.4. The van der Waals surface area contributed by atoms with Crippen molar-refractivity contribution < 1.29 is 28.6 Å². The fraction of sp³-hybridized carbons (Fsp3) is 0.677. The molecule has 0 rings (SSSR count). The summed E-state index contributed by atoms with van der Waals surface area (Å²) >= 11 is 0. The number of allylic oxidation sites excluding steroid dienone is 18. The lowest BCUT2D eigenvalue weighted by molar-refractivity contribution is -0.167. The zero-order valence-corrected chi connectivity index (χ0v) is 46.2. The summed E-state index contributed by atoms with van der Waals surface area (Å²) < 4.78 is 16.9. The van der Waals surface area contributed by atoms with Gasteiger partial charge in [0.1, 0.15) is 13.2 Å². The predicted octanol–water partition coefficient (Wildman–Crippen LogP) is 19.9. The van der Waals surface area contributed by atoms with Gasteiger partial charge in [-0.15, -0.1) is 0 Å². The van der Waals surface area contributed by atoms with Crippen molar-refractivity contribution in [1.82, 2.24) is 0 Å². The van der Waals surface area contributed by atoms with Crippen LogP contribution in [0.4, 0.5) is 0 Å². The van der Waals surface area contributed by atoms with Crippen molar-refractivity contribution in [2.45, 2.75) is 271 Å². The van der Waals surface area contributed by atoms with E-state index in [9.17, 15) is 14.4 Å². The van der Waals surface area contributed by atoms with E-state index in [1.165, 1.54) is 96.3 Å². The molecule has 0 saturated heterocycles. The Morgan fingerprint density at radius 1 is 0.310 bits per heavy atom. The number of ether oxygens (including phenoxy) is 3. The molecule has 404 valence electrons. The maximum atomic E-state index is 12.9. The average Bonchev–Trinajstić information content (AvgIpc) is 3.37. The molecule has 0 aromatic rings. The highest BCUT2D eigenvalue weighted by atomic mass is 16.6. The monoisotopic (exact) mass is 985 g/mol. The molecule has 0 aliphatic heterocycles. The molecule has 0 amide bonds. The summed E-state index contributed by atoms with van der Waals surface area (Å²) in [5.74, 6) is -0.941. The normalized spacial score (nSPS) is 12.9. The van der Waals surface area contributed by atoms with E-state index in [0.29, 0.717) is 19.3 Å². The van der Waals surface area contributed by atoms with Gasteiger partial charge in [-0.3, -0.25) is 14.4 Å². The van der Waals surface area contributed by atoms with Crippen LogP contribution in [-0.4, -0.2) is 37.2 Å². The molecular formula is C65H108O6. The highest BCUT2D eigenvalue weighted by molar-refractivity contribution is 5.71. The third-order valence-electron chi connectivity index (χ3n) is 12.3. The SMILES string of the molecule is CC/C=C\C/C=C\C/C=C\C/C=C\CCCCCCCCC(=O)OCC(COC(=O)CCCCCCC/C=C\CCCCCCCCC)OC(=O)CCCCCCC\C=C/C=C\C=C/C=C\CCCCC. The van der Waals surface area contributed by atoms with E-state index >= 15 is 0 Å². The minimum Gasteiger partial charge on any atom is -0.462 e. The Morgan fingerprint density at radius 2 is 0.606 bits per heavy atom. The van der Waals surface area contributed by atoms with Crippen LogP contribution < -0.4 is 0 Å². The Labute approximate surface area is 438 Å². The number of carbonyl (C=O) groups is 3. The fourth-order valence-corrected chi connectivity index (χ4v) is 7.91. The summed E-state index contributed by atoms with van der Waals surface area (Å²) in [6, 6.07) is 0. The first-order valence-electron chi connectivity index (χ1n) is 29.4. The Hall–Kier alpha value is -3.93. The molecule has 6 heteroatoms. The van der Waals surface area contributed by atoms with Crippen LogP contribution in [0.5, 0.6) is 0 Å². The molecule has 0 spiro atoms. The van der Waals surface area contributed by atoms with Gasteiger partial charge in [-0.25, -0.2) is 0 Å². The fourth-order valence-electron chi connectivity index (χ4n) is 7.91. The number of carbonyl (C=O) groups excluding carboxylic acids is 3. The number of hydrogen-bond donors (Lipinski definition) is 0. The molecule has 1 unspecified atom stereocenters. The molecular weight excluding hydrogens is 877 g/mol. The second kappa shape index (κ2) is 58.6. The van der Waals surface area contributed by atoms with Gasteiger partial charge < -0.3 is 14.2 Å². The van der Waals surface area contributed by atoms with Crippen LogP contribution in [0.3, 0.4) is 0 Å². The van der Waals surface area contributed by atoms with Gasteiger partial charge in [0.15, 0.2) is 6.10 Å². The maximum Gasteiger partial charge on any atom is 0.306 e. The maximum absolute atomic E-state index is 12.9. The molecule has 0 aromatic carbocycles. The van der Waals surface area contributed by atoms with Crippen LogP contribution in [-0.2, 0) is 28.6 Å². The molecule has 0 aliphatic rings. The topological polar surface area (TPSA) is 78.9 Å². The zero-order valence-electron chi connectivity index (χ0n) is 46.2. The molecule has 0 radical (unpaired) electrons. The minimum absolute atomic E-state index is 0.0981. The first-order valence-corrected chi connectivity index (χ1v) is 29.4. The third kappa shape index (κ3) is 56.9. The lowest BCUT2D eigenvalue weighted by atomic mass is 10.1. The van der Waals surface area contributed by atoms with E-state index in [4.69, 9.17) is 14.2 Å². The van der Waals surface area contributed by atoms with E-state index in [1.807, 2.05) is 0 Å². The molecule has 71 heavy (non-hydrogen) atoms. The van der Waals surface area contributed by atoms with Crippen molar-refractivity contribution in [1.29, 1.82) is 0 Å². The van der Waals surface area contributed by atoms with E-state index in [1.54, 1.807) is 0 Å². The van der Waals surface area contributed by atoms with Crippen LogP contribution in [0.1, 0.15) is 265 Å². The molecule has 1 atom stereocenters. The molecule has 0 fully saturated rings. The van der Waals surface area contributed by atoms with Crippen molar-refractivity contribution in [2.75, 3.05) is 13.2 Å². The van der Waals surface area contributed by atoms with Crippen LogP contribution in [0.25, 0.3) is 0 Å². The Morgan fingerprint density at radius 3 is 1.03 bits per heavy atom. The summed E-state index contributed by atoms with van der Waals surface area (Å²) in [5, 5.41) is 0. The van der Waals surface area contributed by atoms with Gasteiger partial charge in [-0.05, 0) is 109 Å². The zero-order chi connectivity index (χ0) is 51.4. The lowest BCUT2D eigenvalue weighted by Gasteiger charge is -2.18. The van der Waals surface area contributed by atoms with Gasteiger partial charge >= 0.3 is 17.9 Å². The Bertz CT molecular complexity index is 1460. The highest BCUT2D eigenvalue weighted by Crippen LogP contribution is 2.14. The van der Waals surface area contributed by atoms with Crippen LogP contribution in [0.15, 0.2) is 109 Å². The molecule has 0 saturated carbocycles. The van der Waals surface area contributed by atoms with E-state index in [0.717, 1.165) is 128 Å². The van der Waals surface area contributed by atoms with Crippen LogP contribution in [0, 0.1) is 0 Å². The van der Waals surface area contributed by atoms with Crippen molar-refractivity contribution in [3.63, 3.8) is 0 Å². The van der Waals surface area contributed by atoms with Crippen LogP contribution in [0.2, 0.25) is 0 Å². The molecule has 0 aromatic heterocycles. The molecule has 0 aliphatic carbocycles. The summed E-state index contributed by atoms with van der Waals surface area (Å²) in [6.07, 6.45) is 79.2. The summed E-state index contributed by atoms with van der Waals surface area (Å²) in [7, 11) is 0. The van der Waals surface area contributed by atoms with E-state index < -0.39 is 6.10 Å². The van der Waals surface area contributed by atoms with E-state index in [-0.39, 0.29) is 31.1 Å². The van der Waals surface area contributed by atoms with Crippen molar-refractivity contribution in [3.05, 3.63) is 109 Å². The van der Waals surface area contributed by atoms with E-state index in [2.05, 4.69) is 130 Å². The molecule has 6 nitrogen and oxygen atoms in total. The van der Waals surface area contributed by atoms with Gasteiger partial charge in [0.25, 0.3) is 0 Å².